The Morgan fingerprint density at radius 3 is 2.87 bits per heavy atom. The molecule has 0 spiro atoms. The third-order valence-electron chi connectivity index (χ3n) is 3.10. The van der Waals surface area contributed by atoms with Gasteiger partial charge in [0.1, 0.15) is 12.0 Å². The maximum atomic E-state index is 11.1. The van der Waals surface area contributed by atoms with Gasteiger partial charge in [0.25, 0.3) is 0 Å². The Morgan fingerprint density at radius 2 is 2.22 bits per heavy atom. The van der Waals surface area contributed by atoms with Gasteiger partial charge in [-0.25, -0.2) is 4.79 Å². The van der Waals surface area contributed by atoms with Gasteiger partial charge in [-0.05, 0) is 25.0 Å². The first-order valence-electron chi connectivity index (χ1n) is 7.21. The maximum Gasteiger partial charge on any atom is 0.375 e. The standard InChI is InChI=1S/C16H19N3O4/c1-4-5-12-9-17-19(18-12)13-7-6-11(2)14(8-13)23-15(10-22-3)16(20)21/h6-10H,4-5H2,1-3H3,(H,20,21). The predicted molar refractivity (Wildman–Crippen MR) is 83.4 cm³/mol. The number of carboxylic acids is 1. The highest BCUT2D eigenvalue weighted by Gasteiger charge is 2.14. The molecule has 1 aromatic heterocycles. The van der Waals surface area contributed by atoms with E-state index in [1.54, 1.807) is 12.3 Å². The lowest BCUT2D eigenvalue weighted by atomic mass is 10.2. The van der Waals surface area contributed by atoms with Crippen LogP contribution in [0.1, 0.15) is 24.6 Å². The van der Waals surface area contributed by atoms with Crippen LogP contribution in [0.5, 0.6) is 5.75 Å². The molecule has 0 fully saturated rings. The summed E-state index contributed by atoms with van der Waals surface area (Å²) in [7, 11) is 1.36. The average Bonchev–Trinajstić information content (AvgIpc) is 2.97. The van der Waals surface area contributed by atoms with Gasteiger partial charge in [-0.1, -0.05) is 19.4 Å². The molecule has 0 atom stereocenters. The average molecular weight is 317 g/mol. The topological polar surface area (TPSA) is 86.5 Å². The summed E-state index contributed by atoms with van der Waals surface area (Å²) in [5.74, 6) is -1.10. The summed E-state index contributed by atoms with van der Waals surface area (Å²) in [6, 6.07) is 5.36. The van der Waals surface area contributed by atoms with Gasteiger partial charge in [0.05, 0.1) is 24.7 Å². The number of nitrogens with zero attached hydrogens (tertiary/aromatic N) is 3. The second-order valence-corrected chi connectivity index (χ2v) is 4.95. The summed E-state index contributed by atoms with van der Waals surface area (Å²) in [4.78, 5) is 12.6. The van der Waals surface area contributed by atoms with Crippen molar-refractivity contribution >= 4 is 5.97 Å². The summed E-state index contributed by atoms with van der Waals surface area (Å²) >= 11 is 0. The van der Waals surface area contributed by atoms with Crippen molar-refractivity contribution in [1.29, 1.82) is 0 Å². The van der Waals surface area contributed by atoms with Crippen LogP contribution in [0.25, 0.3) is 5.69 Å². The fraction of sp³-hybridized carbons (Fsp3) is 0.312. The van der Waals surface area contributed by atoms with Crippen LogP contribution in [0.3, 0.4) is 0 Å². The highest BCUT2D eigenvalue weighted by Crippen LogP contribution is 2.23. The minimum Gasteiger partial charge on any atom is -0.500 e. The summed E-state index contributed by atoms with van der Waals surface area (Å²) in [5.41, 5.74) is 2.38. The molecule has 0 aliphatic heterocycles. The zero-order valence-electron chi connectivity index (χ0n) is 13.3. The van der Waals surface area contributed by atoms with Crippen LogP contribution in [0, 0.1) is 6.92 Å². The lowest BCUT2D eigenvalue weighted by molar-refractivity contribution is -0.135. The molecule has 2 aromatic rings. The van der Waals surface area contributed by atoms with E-state index >= 15 is 0 Å². The highest BCUT2D eigenvalue weighted by atomic mass is 16.5. The van der Waals surface area contributed by atoms with Crippen LogP contribution < -0.4 is 4.74 Å². The monoisotopic (exact) mass is 317 g/mol. The van der Waals surface area contributed by atoms with Crippen molar-refractivity contribution in [2.24, 2.45) is 0 Å². The molecule has 0 aliphatic rings. The SMILES string of the molecule is CCCc1cnn(-c2ccc(C)c(OC(=COC)C(=O)O)c2)n1. The van der Waals surface area contributed by atoms with Crippen LogP contribution in [-0.4, -0.2) is 33.2 Å². The van der Waals surface area contributed by atoms with E-state index in [1.807, 2.05) is 19.1 Å². The number of methoxy groups -OCH3 is 1. The van der Waals surface area contributed by atoms with Crippen molar-refractivity contribution in [2.45, 2.75) is 26.7 Å². The number of carbonyl (C=O) groups is 1. The fourth-order valence-corrected chi connectivity index (χ4v) is 1.96. The molecular formula is C16H19N3O4. The van der Waals surface area contributed by atoms with Gasteiger partial charge in [-0.2, -0.15) is 15.0 Å². The van der Waals surface area contributed by atoms with Gasteiger partial charge in [-0.3, -0.25) is 0 Å². The number of ether oxygens (including phenoxy) is 2. The number of carboxylic acid groups (broad SMARTS) is 1. The molecule has 0 bridgehead atoms. The van der Waals surface area contributed by atoms with Gasteiger partial charge < -0.3 is 14.6 Å². The van der Waals surface area contributed by atoms with Crippen molar-refractivity contribution < 1.29 is 19.4 Å². The van der Waals surface area contributed by atoms with Crippen molar-refractivity contribution in [2.75, 3.05) is 7.11 Å². The number of aromatic nitrogens is 3. The first-order chi connectivity index (χ1) is 11.0. The first kappa shape index (κ1) is 16.5. The van der Waals surface area contributed by atoms with E-state index in [9.17, 15) is 4.79 Å². The van der Waals surface area contributed by atoms with Crippen molar-refractivity contribution in [1.82, 2.24) is 15.0 Å². The van der Waals surface area contributed by atoms with Gasteiger partial charge in [0.2, 0.25) is 5.76 Å². The Kier molecular flexibility index (Phi) is 5.35. The number of rotatable bonds is 7. The molecule has 2 rings (SSSR count). The van der Waals surface area contributed by atoms with E-state index < -0.39 is 5.97 Å². The summed E-state index contributed by atoms with van der Waals surface area (Å²) in [6.07, 6.45) is 4.61. The molecule has 122 valence electrons. The zero-order chi connectivity index (χ0) is 16.8. The molecule has 1 heterocycles. The Hall–Kier alpha value is -2.83. The predicted octanol–water partition coefficient (Wildman–Crippen LogP) is 2.48. The summed E-state index contributed by atoms with van der Waals surface area (Å²) in [6.45, 7) is 3.90. The molecule has 0 aliphatic carbocycles. The lowest BCUT2D eigenvalue weighted by Gasteiger charge is -2.10. The Labute approximate surface area is 134 Å². The largest absolute Gasteiger partial charge is 0.500 e. The third-order valence-corrected chi connectivity index (χ3v) is 3.10. The molecule has 0 saturated carbocycles. The minimum atomic E-state index is -1.21. The number of hydrogen-bond donors (Lipinski definition) is 1. The second-order valence-electron chi connectivity index (χ2n) is 4.95. The van der Waals surface area contributed by atoms with Crippen LogP contribution >= 0.6 is 0 Å². The molecule has 7 heteroatoms. The van der Waals surface area contributed by atoms with Crippen LogP contribution in [-0.2, 0) is 16.0 Å². The van der Waals surface area contributed by atoms with Crippen LogP contribution in [0.15, 0.2) is 36.4 Å². The third kappa shape index (κ3) is 4.09. The Balaban J connectivity index is 2.31. The summed E-state index contributed by atoms with van der Waals surface area (Å²) in [5, 5.41) is 17.7. The molecule has 1 aromatic carbocycles. The van der Waals surface area contributed by atoms with Crippen LogP contribution in [0.2, 0.25) is 0 Å². The molecule has 0 unspecified atom stereocenters. The quantitative estimate of drug-likeness (QED) is 0.623. The van der Waals surface area contributed by atoms with E-state index in [0.717, 1.165) is 30.4 Å². The normalized spacial score (nSPS) is 11.3. The molecule has 7 nitrogen and oxygen atoms in total. The van der Waals surface area contributed by atoms with E-state index in [2.05, 4.69) is 17.1 Å². The lowest BCUT2D eigenvalue weighted by Crippen LogP contribution is -2.09. The van der Waals surface area contributed by atoms with Gasteiger partial charge in [-0.15, -0.1) is 0 Å². The molecule has 1 N–H and O–H groups in total. The van der Waals surface area contributed by atoms with Gasteiger partial charge in [0, 0.05) is 6.07 Å². The molecule has 23 heavy (non-hydrogen) atoms. The first-order valence-corrected chi connectivity index (χ1v) is 7.21. The smallest absolute Gasteiger partial charge is 0.375 e. The van der Waals surface area contributed by atoms with Gasteiger partial charge in [0.15, 0.2) is 0 Å². The minimum absolute atomic E-state index is 0.298. The summed E-state index contributed by atoms with van der Waals surface area (Å²) < 4.78 is 10.2. The maximum absolute atomic E-state index is 11.1. The zero-order valence-corrected chi connectivity index (χ0v) is 13.3. The highest BCUT2D eigenvalue weighted by molar-refractivity contribution is 5.84. The molecule has 0 radical (unpaired) electrons. The van der Waals surface area contributed by atoms with Crippen molar-refractivity contribution in [3.63, 3.8) is 0 Å². The number of hydrogen-bond acceptors (Lipinski definition) is 5. The second kappa shape index (κ2) is 7.44. The van der Waals surface area contributed by atoms with E-state index in [4.69, 9.17) is 14.6 Å². The van der Waals surface area contributed by atoms with E-state index in [1.165, 1.54) is 11.9 Å². The van der Waals surface area contributed by atoms with Crippen LogP contribution in [0.4, 0.5) is 0 Å². The molecular weight excluding hydrogens is 298 g/mol. The Morgan fingerprint density at radius 1 is 1.43 bits per heavy atom. The van der Waals surface area contributed by atoms with Crippen molar-refractivity contribution in [3.8, 4) is 11.4 Å². The molecule has 0 amide bonds. The number of aryl methyl sites for hydroxylation is 2. The number of aliphatic carboxylic acids is 1. The van der Waals surface area contributed by atoms with Crippen molar-refractivity contribution in [3.05, 3.63) is 47.7 Å². The van der Waals surface area contributed by atoms with E-state index in [0.29, 0.717) is 11.4 Å². The van der Waals surface area contributed by atoms with Gasteiger partial charge >= 0.3 is 5.97 Å². The molecule has 0 saturated heterocycles. The van der Waals surface area contributed by atoms with E-state index in [-0.39, 0.29) is 5.76 Å². The number of benzene rings is 1. The Bertz CT molecular complexity index is 722. The fourth-order valence-electron chi connectivity index (χ4n) is 1.96.